The third-order valence-electron chi connectivity index (χ3n) is 2.86. The van der Waals surface area contributed by atoms with Crippen LogP contribution in [0.1, 0.15) is 11.3 Å². The van der Waals surface area contributed by atoms with Crippen molar-refractivity contribution in [3.8, 4) is 0 Å². The SMILES string of the molecule is FC(F)(F)c1ccccc1N/N=C/c1c(Cl)nc2sccn12. The van der Waals surface area contributed by atoms with Crippen molar-refractivity contribution in [1.82, 2.24) is 9.38 Å². The van der Waals surface area contributed by atoms with E-state index < -0.39 is 11.7 Å². The molecule has 2 heterocycles. The molecule has 4 nitrogen and oxygen atoms in total. The van der Waals surface area contributed by atoms with E-state index >= 15 is 0 Å². The number of halogens is 4. The fourth-order valence-corrected chi connectivity index (χ4v) is 2.87. The average molecular weight is 345 g/mol. The number of nitrogens with one attached hydrogen (secondary N) is 1. The normalized spacial score (nSPS) is 12.4. The molecule has 1 N–H and O–H groups in total. The Hall–Kier alpha value is -2.06. The van der Waals surface area contributed by atoms with Crippen molar-refractivity contribution in [3.63, 3.8) is 0 Å². The first kappa shape index (κ1) is 14.9. The Kier molecular flexibility index (Phi) is 3.79. The molecule has 3 aromatic rings. The Balaban J connectivity index is 1.87. The lowest BCUT2D eigenvalue weighted by Gasteiger charge is -2.11. The highest BCUT2D eigenvalue weighted by Crippen LogP contribution is 2.34. The molecule has 0 saturated heterocycles. The number of nitrogens with zero attached hydrogens (tertiary/aromatic N) is 3. The topological polar surface area (TPSA) is 41.7 Å². The summed E-state index contributed by atoms with van der Waals surface area (Å²) >= 11 is 7.36. The van der Waals surface area contributed by atoms with Crippen molar-refractivity contribution in [2.75, 3.05) is 5.43 Å². The summed E-state index contributed by atoms with van der Waals surface area (Å²) in [7, 11) is 0. The van der Waals surface area contributed by atoms with Gasteiger partial charge in [-0.3, -0.25) is 9.83 Å². The van der Waals surface area contributed by atoms with E-state index in [1.54, 1.807) is 10.6 Å². The molecule has 0 atom stereocenters. The predicted octanol–water partition coefficient (Wildman–Crippen LogP) is 4.51. The molecule has 3 rings (SSSR count). The monoisotopic (exact) mass is 344 g/mol. The smallest absolute Gasteiger partial charge is 0.288 e. The molecule has 0 unspecified atom stereocenters. The van der Waals surface area contributed by atoms with Crippen LogP contribution in [-0.2, 0) is 6.18 Å². The van der Waals surface area contributed by atoms with E-state index in [0.29, 0.717) is 10.7 Å². The molecule has 2 aromatic heterocycles. The molecule has 0 aliphatic heterocycles. The van der Waals surface area contributed by atoms with Crippen molar-refractivity contribution in [3.05, 3.63) is 52.3 Å². The van der Waals surface area contributed by atoms with Gasteiger partial charge in [-0.1, -0.05) is 23.7 Å². The highest BCUT2D eigenvalue weighted by atomic mass is 35.5. The van der Waals surface area contributed by atoms with Gasteiger partial charge in [-0.05, 0) is 12.1 Å². The second-order valence-electron chi connectivity index (χ2n) is 4.26. The molecular formula is C13H8ClF3N4S. The molecule has 114 valence electrons. The van der Waals surface area contributed by atoms with Crippen LogP contribution >= 0.6 is 22.9 Å². The van der Waals surface area contributed by atoms with E-state index in [2.05, 4.69) is 15.5 Å². The number of alkyl halides is 3. The highest BCUT2D eigenvalue weighted by Gasteiger charge is 2.33. The van der Waals surface area contributed by atoms with Gasteiger partial charge in [0.2, 0.25) is 0 Å². The van der Waals surface area contributed by atoms with Crippen LogP contribution in [0.4, 0.5) is 18.9 Å². The molecule has 0 amide bonds. The summed E-state index contributed by atoms with van der Waals surface area (Å²) in [6.07, 6.45) is -1.36. The van der Waals surface area contributed by atoms with Gasteiger partial charge >= 0.3 is 6.18 Å². The molecule has 0 aliphatic carbocycles. The maximum absolute atomic E-state index is 12.9. The van der Waals surface area contributed by atoms with Crippen LogP contribution < -0.4 is 5.43 Å². The summed E-state index contributed by atoms with van der Waals surface area (Å²) in [5.74, 6) is 0. The average Bonchev–Trinajstić information content (AvgIpc) is 3.01. The van der Waals surface area contributed by atoms with Gasteiger partial charge in [0.25, 0.3) is 0 Å². The first-order valence-electron chi connectivity index (χ1n) is 6.03. The molecule has 0 fully saturated rings. The molecule has 9 heteroatoms. The van der Waals surface area contributed by atoms with E-state index in [1.807, 2.05) is 5.38 Å². The van der Waals surface area contributed by atoms with Crippen LogP contribution in [0.15, 0.2) is 40.9 Å². The standard InChI is InChI=1S/C13H8ClF3N4S/c14-11-10(21-5-6-22-12(21)19-11)7-18-20-9-4-2-1-3-8(9)13(15,16)17/h1-7,20H/b18-7+. The van der Waals surface area contributed by atoms with Crippen molar-refractivity contribution in [2.24, 2.45) is 5.10 Å². The molecular weight excluding hydrogens is 337 g/mol. The first-order chi connectivity index (χ1) is 10.5. The van der Waals surface area contributed by atoms with Crippen molar-refractivity contribution in [2.45, 2.75) is 6.18 Å². The Bertz CT molecular complexity index is 837. The van der Waals surface area contributed by atoms with E-state index in [-0.39, 0.29) is 10.8 Å². The minimum atomic E-state index is -4.45. The molecule has 0 bridgehead atoms. The van der Waals surface area contributed by atoms with Gasteiger partial charge in [0, 0.05) is 11.6 Å². The molecule has 0 aliphatic rings. The second kappa shape index (κ2) is 5.62. The quantitative estimate of drug-likeness (QED) is 0.561. The summed E-state index contributed by atoms with van der Waals surface area (Å²) in [5.41, 5.74) is 1.97. The number of hydrogen-bond acceptors (Lipinski definition) is 4. The van der Waals surface area contributed by atoms with E-state index in [0.717, 1.165) is 6.07 Å². The molecule has 0 radical (unpaired) electrons. The number of hydrogen-bond donors (Lipinski definition) is 1. The summed E-state index contributed by atoms with van der Waals surface area (Å²) < 4.78 is 40.3. The Morgan fingerprint density at radius 3 is 2.86 bits per heavy atom. The third-order valence-corrected chi connectivity index (χ3v) is 3.89. The van der Waals surface area contributed by atoms with Crippen LogP contribution in [-0.4, -0.2) is 15.6 Å². The molecule has 22 heavy (non-hydrogen) atoms. The van der Waals surface area contributed by atoms with Crippen molar-refractivity contribution >= 4 is 39.8 Å². The number of benzene rings is 1. The second-order valence-corrected chi connectivity index (χ2v) is 5.49. The summed E-state index contributed by atoms with van der Waals surface area (Å²) in [6, 6.07) is 5.11. The van der Waals surface area contributed by atoms with Crippen LogP contribution in [0.2, 0.25) is 5.15 Å². The molecule has 1 aromatic carbocycles. The van der Waals surface area contributed by atoms with E-state index in [1.165, 1.54) is 35.8 Å². The van der Waals surface area contributed by atoms with Crippen LogP contribution in [0.25, 0.3) is 4.96 Å². The number of aromatic nitrogens is 2. The zero-order valence-corrected chi connectivity index (χ0v) is 12.4. The predicted molar refractivity (Wildman–Crippen MR) is 80.7 cm³/mol. The highest BCUT2D eigenvalue weighted by molar-refractivity contribution is 7.15. The first-order valence-corrected chi connectivity index (χ1v) is 7.29. The lowest BCUT2D eigenvalue weighted by molar-refractivity contribution is -0.136. The lowest BCUT2D eigenvalue weighted by Crippen LogP contribution is -2.08. The van der Waals surface area contributed by atoms with Gasteiger partial charge in [-0.25, -0.2) is 4.98 Å². The molecule has 0 spiro atoms. The summed E-state index contributed by atoms with van der Waals surface area (Å²) in [4.78, 5) is 4.79. The van der Waals surface area contributed by atoms with Gasteiger partial charge in [-0.2, -0.15) is 18.3 Å². The number of rotatable bonds is 3. The number of anilines is 1. The number of hydrazone groups is 1. The minimum absolute atomic E-state index is 0.131. The number of fused-ring (bicyclic) bond motifs is 1. The Labute approximate surface area is 131 Å². The summed E-state index contributed by atoms with van der Waals surface area (Å²) in [6.45, 7) is 0. The van der Waals surface area contributed by atoms with Gasteiger partial charge in [-0.15, -0.1) is 11.3 Å². The number of para-hydroxylation sites is 1. The largest absolute Gasteiger partial charge is 0.418 e. The van der Waals surface area contributed by atoms with Gasteiger partial charge in [0.05, 0.1) is 17.5 Å². The number of imidazole rings is 1. The van der Waals surface area contributed by atoms with Gasteiger partial charge < -0.3 is 0 Å². The Morgan fingerprint density at radius 1 is 1.32 bits per heavy atom. The van der Waals surface area contributed by atoms with Crippen molar-refractivity contribution < 1.29 is 13.2 Å². The zero-order valence-electron chi connectivity index (χ0n) is 10.8. The fraction of sp³-hybridized carbons (Fsp3) is 0.0769. The van der Waals surface area contributed by atoms with E-state index in [4.69, 9.17) is 11.6 Å². The van der Waals surface area contributed by atoms with Crippen LogP contribution in [0.3, 0.4) is 0 Å². The fourth-order valence-electron chi connectivity index (χ4n) is 1.88. The summed E-state index contributed by atoms with van der Waals surface area (Å²) in [5, 5.41) is 5.89. The maximum Gasteiger partial charge on any atom is 0.418 e. The minimum Gasteiger partial charge on any atom is -0.288 e. The van der Waals surface area contributed by atoms with Gasteiger partial charge in [0.1, 0.15) is 5.69 Å². The lowest BCUT2D eigenvalue weighted by atomic mass is 10.2. The zero-order chi connectivity index (χ0) is 15.7. The van der Waals surface area contributed by atoms with Crippen LogP contribution in [0, 0.1) is 0 Å². The Morgan fingerprint density at radius 2 is 2.09 bits per heavy atom. The number of thiazole rings is 1. The molecule has 0 saturated carbocycles. The van der Waals surface area contributed by atoms with Crippen LogP contribution in [0.5, 0.6) is 0 Å². The maximum atomic E-state index is 12.9. The third kappa shape index (κ3) is 2.79. The van der Waals surface area contributed by atoms with Crippen molar-refractivity contribution in [1.29, 1.82) is 0 Å². The van der Waals surface area contributed by atoms with E-state index in [9.17, 15) is 13.2 Å². The van der Waals surface area contributed by atoms with Gasteiger partial charge in [0.15, 0.2) is 10.1 Å².